The summed E-state index contributed by atoms with van der Waals surface area (Å²) >= 11 is 0. The lowest BCUT2D eigenvalue weighted by Crippen LogP contribution is -2.41. The number of esters is 1. The van der Waals surface area contributed by atoms with Crippen molar-refractivity contribution in [1.29, 1.82) is 0 Å². The third-order valence-electron chi connectivity index (χ3n) is 7.75. The highest BCUT2D eigenvalue weighted by Gasteiger charge is 2.37. The molecule has 4 aromatic rings. The average molecular weight is 506 g/mol. The molecule has 1 saturated heterocycles. The van der Waals surface area contributed by atoms with Gasteiger partial charge in [-0.05, 0) is 71.7 Å². The fraction of sp³-hybridized carbons (Fsp3) is 0.560. The van der Waals surface area contributed by atoms with Crippen LogP contribution >= 0.6 is 0 Å². The molecule has 0 N–H and O–H groups in total. The summed E-state index contributed by atoms with van der Waals surface area (Å²) in [6, 6.07) is 8.04. The molecule has 12 heteroatoms. The zero-order valence-corrected chi connectivity index (χ0v) is 21.2. The maximum Gasteiger partial charge on any atom is 0.309 e. The lowest BCUT2D eigenvalue weighted by Gasteiger charge is -2.36. The van der Waals surface area contributed by atoms with Crippen LogP contribution in [0.4, 0.5) is 0 Å². The lowest BCUT2D eigenvalue weighted by atomic mass is 9.93. The van der Waals surface area contributed by atoms with Gasteiger partial charge in [-0.2, -0.15) is 4.52 Å². The quantitative estimate of drug-likeness (QED) is 0.346. The largest absolute Gasteiger partial charge is 0.497 e. The van der Waals surface area contributed by atoms with Crippen molar-refractivity contribution in [3.05, 3.63) is 35.7 Å². The number of carbonyl (C=O) groups is 1. The van der Waals surface area contributed by atoms with Crippen LogP contribution in [0.3, 0.4) is 0 Å². The second-order valence-corrected chi connectivity index (χ2v) is 9.82. The van der Waals surface area contributed by atoms with E-state index in [0.29, 0.717) is 38.2 Å². The van der Waals surface area contributed by atoms with Gasteiger partial charge in [0.2, 0.25) is 0 Å². The molecule has 1 saturated carbocycles. The topological polar surface area (TPSA) is 125 Å². The maximum absolute atomic E-state index is 12.4. The number of hydrogen-bond donors (Lipinski definition) is 0. The molecule has 3 aromatic heterocycles. The van der Waals surface area contributed by atoms with E-state index < -0.39 is 0 Å². The van der Waals surface area contributed by atoms with Crippen molar-refractivity contribution in [3.8, 4) is 5.75 Å². The Hall–Kier alpha value is -3.67. The van der Waals surface area contributed by atoms with E-state index in [-0.39, 0.29) is 24.0 Å². The number of pyridine rings is 1. The van der Waals surface area contributed by atoms with E-state index in [1.54, 1.807) is 11.6 Å². The Kier molecular flexibility index (Phi) is 6.41. The lowest BCUT2D eigenvalue weighted by molar-refractivity contribution is -0.149. The van der Waals surface area contributed by atoms with Gasteiger partial charge in [0.25, 0.3) is 0 Å². The summed E-state index contributed by atoms with van der Waals surface area (Å²) in [6.45, 7) is 3.66. The fourth-order valence-corrected chi connectivity index (χ4v) is 5.86. The molecule has 194 valence electrons. The number of aromatic nitrogens is 8. The van der Waals surface area contributed by atoms with E-state index in [0.717, 1.165) is 40.9 Å². The third kappa shape index (κ3) is 4.28. The third-order valence-corrected chi connectivity index (χ3v) is 7.75. The van der Waals surface area contributed by atoms with Gasteiger partial charge in [-0.15, -0.1) is 10.2 Å². The second-order valence-electron chi connectivity index (χ2n) is 9.82. The number of carbonyl (C=O) groups excluding carboxylic acids is 1. The molecule has 6 rings (SSSR count). The molecule has 1 aliphatic heterocycles. The Bertz CT molecular complexity index is 1400. The van der Waals surface area contributed by atoms with Crippen LogP contribution in [0.25, 0.3) is 16.6 Å². The Morgan fingerprint density at radius 1 is 1.05 bits per heavy atom. The van der Waals surface area contributed by atoms with Gasteiger partial charge in [0.05, 0.1) is 31.2 Å². The van der Waals surface area contributed by atoms with Gasteiger partial charge < -0.3 is 9.47 Å². The van der Waals surface area contributed by atoms with Crippen LogP contribution in [0.5, 0.6) is 5.75 Å². The number of ether oxygens (including phenoxy) is 2. The van der Waals surface area contributed by atoms with Gasteiger partial charge >= 0.3 is 5.97 Å². The van der Waals surface area contributed by atoms with Crippen LogP contribution in [0.1, 0.15) is 68.9 Å². The predicted molar refractivity (Wildman–Crippen MR) is 133 cm³/mol. The zero-order chi connectivity index (χ0) is 25.4. The summed E-state index contributed by atoms with van der Waals surface area (Å²) in [5.74, 6) is 1.32. The molecule has 1 aromatic carbocycles. The minimum atomic E-state index is -0.265. The summed E-state index contributed by atoms with van der Waals surface area (Å²) < 4.78 is 14.5. The SMILES string of the molecule is CCOC(=O)C1CCN([C@H](c2cc3ccc(OC)cc3n3nnnc23)c2nnnn2C2CCCC2)CC1. The normalized spacial score (nSPS) is 18.5. The van der Waals surface area contributed by atoms with E-state index in [4.69, 9.17) is 9.47 Å². The van der Waals surface area contributed by atoms with Crippen LogP contribution in [0.15, 0.2) is 24.3 Å². The average Bonchev–Trinajstić information content (AvgIpc) is 3.71. The maximum atomic E-state index is 12.4. The molecule has 37 heavy (non-hydrogen) atoms. The molecule has 4 heterocycles. The first kappa shape index (κ1) is 23.7. The Balaban J connectivity index is 1.46. The number of likely N-dealkylation sites (tertiary alicyclic amines) is 1. The van der Waals surface area contributed by atoms with Crippen molar-refractivity contribution >= 4 is 22.5 Å². The number of rotatable bonds is 7. The van der Waals surface area contributed by atoms with Crippen LogP contribution in [0, 0.1) is 5.92 Å². The number of methoxy groups -OCH3 is 1. The van der Waals surface area contributed by atoms with Gasteiger partial charge in [0, 0.05) is 30.1 Å². The highest BCUT2D eigenvalue weighted by molar-refractivity contribution is 5.84. The molecular formula is C25H31N9O3. The first-order valence-electron chi connectivity index (χ1n) is 13.0. The van der Waals surface area contributed by atoms with E-state index in [2.05, 4.69) is 42.0 Å². The fourth-order valence-electron chi connectivity index (χ4n) is 5.86. The molecule has 1 atom stereocenters. The molecule has 0 amide bonds. The number of benzene rings is 1. The minimum absolute atomic E-state index is 0.0958. The molecular weight excluding hydrogens is 474 g/mol. The van der Waals surface area contributed by atoms with Crippen molar-refractivity contribution in [2.75, 3.05) is 26.8 Å². The molecule has 2 aliphatic rings. The molecule has 0 bridgehead atoms. The van der Waals surface area contributed by atoms with Gasteiger partial charge in [-0.1, -0.05) is 12.8 Å². The van der Waals surface area contributed by atoms with E-state index >= 15 is 0 Å². The Morgan fingerprint density at radius 2 is 1.84 bits per heavy atom. The standard InChI is InChI=1S/C25H31N9O3/c1-3-37-25(35)16-10-12-32(13-11-16)22(24-27-29-30-33(24)18-6-4-5-7-18)20-14-17-8-9-19(36-2)15-21(17)34-23(20)26-28-31-34/h8-9,14-16,18,22H,3-7,10-13H2,1-2H3/t22-/m1/s1. The number of nitrogens with zero attached hydrogens (tertiary/aromatic N) is 9. The first-order chi connectivity index (χ1) is 18.2. The van der Waals surface area contributed by atoms with Crippen molar-refractivity contribution in [1.82, 2.24) is 45.1 Å². The van der Waals surface area contributed by atoms with E-state index in [1.165, 1.54) is 12.8 Å². The number of tetrazole rings is 2. The molecule has 1 aliphatic carbocycles. The molecule has 0 radical (unpaired) electrons. The second kappa shape index (κ2) is 10.0. The van der Waals surface area contributed by atoms with Gasteiger partial charge in [0.15, 0.2) is 11.5 Å². The van der Waals surface area contributed by atoms with Crippen LogP contribution in [-0.2, 0) is 9.53 Å². The van der Waals surface area contributed by atoms with Crippen molar-refractivity contribution in [2.24, 2.45) is 5.92 Å². The van der Waals surface area contributed by atoms with Gasteiger partial charge in [-0.3, -0.25) is 9.69 Å². The summed E-state index contributed by atoms with van der Waals surface area (Å²) in [5.41, 5.74) is 2.45. The summed E-state index contributed by atoms with van der Waals surface area (Å²) in [6.07, 6.45) is 5.91. The predicted octanol–water partition coefficient (Wildman–Crippen LogP) is 2.75. The van der Waals surface area contributed by atoms with Crippen molar-refractivity contribution in [3.63, 3.8) is 0 Å². The van der Waals surface area contributed by atoms with E-state index in [1.807, 2.05) is 29.8 Å². The highest BCUT2D eigenvalue weighted by Crippen LogP contribution is 2.38. The van der Waals surface area contributed by atoms with Crippen molar-refractivity contribution < 1.29 is 14.3 Å². The number of hydrogen-bond acceptors (Lipinski definition) is 10. The van der Waals surface area contributed by atoms with Gasteiger partial charge in [-0.25, -0.2) is 4.68 Å². The highest BCUT2D eigenvalue weighted by atomic mass is 16.5. The van der Waals surface area contributed by atoms with Crippen LogP contribution < -0.4 is 4.74 Å². The molecule has 0 spiro atoms. The molecule has 12 nitrogen and oxygen atoms in total. The minimum Gasteiger partial charge on any atom is -0.497 e. The number of piperidine rings is 1. The smallest absolute Gasteiger partial charge is 0.309 e. The van der Waals surface area contributed by atoms with Crippen LogP contribution in [0.2, 0.25) is 0 Å². The monoisotopic (exact) mass is 505 g/mol. The van der Waals surface area contributed by atoms with Gasteiger partial charge in [0.1, 0.15) is 11.8 Å². The molecule has 0 unspecified atom stereocenters. The zero-order valence-electron chi connectivity index (χ0n) is 21.2. The Labute approximate surface area is 213 Å². The Morgan fingerprint density at radius 3 is 2.59 bits per heavy atom. The first-order valence-corrected chi connectivity index (χ1v) is 13.0. The van der Waals surface area contributed by atoms with Crippen LogP contribution in [-0.4, -0.2) is 77.9 Å². The number of fused-ring (bicyclic) bond motifs is 3. The summed E-state index contributed by atoms with van der Waals surface area (Å²) in [5, 5.41) is 26.9. The molecule has 2 fully saturated rings. The summed E-state index contributed by atoms with van der Waals surface area (Å²) in [4.78, 5) is 14.8. The summed E-state index contributed by atoms with van der Waals surface area (Å²) in [7, 11) is 1.64. The van der Waals surface area contributed by atoms with E-state index in [9.17, 15) is 4.79 Å². The van der Waals surface area contributed by atoms with Crippen molar-refractivity contribution in [2.45, 2.75) is 57.5 Å².